The summed E-state index contributed by atoms with van der Waals surface area (Å²) >= 11 is 6.47. The van der Waals surface area contributed by atoms with Crippen molar-refractivity contribution in [3.8, 4) is 17.0 Å². The number of nitrogens with zero attached hydrogens (tertiary/aromatic N) is 5. The number of H-pyrrole nitrogens is 1. The number of aromatic amines is 1. The summed E-state index contributed by atoms with van der Waals surface area (Å²) in [6, 6.07) is 1.91. The monoisotopic (exact) mass is 605 g/mol. The van der Waals surface area contributed by atoms with Crippen LogP contribution < -0.4 is 20.7 Å². The molecule has 3 aromatic heterocycles. The number of rotatable bonds is 8. The zero-order chi connectivity index (χ0) is 30.0. The quantitative estimate of drug-likeness (QED) is 0.222. The second-order valence-electron chi connectivity index (χ2n) is 9.18. The first-order chi connectivity index (χ1) is 20.1. The first-order valence-corrected chi connectivity index (χ1v) is 12.9. The van der Waals surface area contributed by atoms with Crippen molar-refractivity contribution < 1.29 is 32.3 Å². The van der Waals surface area contributed by atoms with Gasteiger partial charge in [-0.15, -0.1) is 0 Å². The Balaban J connectivity index is 1.42. The number of fused-ring (bicyclic) bond motifs is 1. The number of aromatic nitrogens is 5. The number of imidazole rings is 1. The maximum atomic E-state index is 13.4. The van der Waals surface area contributed by atoms with Crippen LogP contribution >= 0.6 is 11.6 Å². The number of carbonyl (C=O) groups is 3. The number of hydrogen-bond donors (Lipinski definition) is 4. The summed E-state index contributed by atoms with van der Waals surface area (Å²) in [5, 5.41) is 13.9. The van der Waals surface area contributed by atoms with Gasteiger partial charge in [0.05, 0.1) is 39.9 Å². The molecule has 4 aromatic rings. The molecule has 0 radical (unpaired) electrons. The van der Waals surface area contributed by atoms with E-state index < -0.39 is 23.8 Å². The molecule has 0 saturated carbocycles. The number of halogens is 4. The minimum atomic E-state index is -4.67. The zero-order valence-electron chi connectivity index (χ0n) is 21.8. The number of ether oxygens (including phenoxy) is 1. The first-order valence-electron chi connectivity index (χ1n) is 12.5. The lowest BCUT2D eigenvalue weighted by atomic mass is 10.1. The van der Waals surface area contributed by atoms with Gasteiger partial charge in [0.1, 0.15) is 11.7 Å². The van der Waals surface area contributed by atoms with Crippen LogP contribution in [0.1, 0.15) is 23.0 Å². The third-order valence-corrected chi connectivity index (χ3v) is 6.91. The number of nitrogens with one attached hydrogen (secondary N) is 4. The van der Waals surface area contributed by atoms with E-state index in [1.165, 1.54) is 35.1 Å². The van der Waals surface area contributed by atoms with Crippen molar-refractivity contribution >= 4 is 47.0 Å². The third-order valence-electron chi connectivity index (χ3n) is 6.53. The van der Waals surface area contributed by atoms with E-state index in [-0.39, 0.29) is 57.1 Å². The average molecular weight is 606 g/mol. The molecule has 0 unspecified atom stereocenters. The Morgan fingerprint density at radius 2 is 1.95 bits per heavy atom. The molecule has 0 aliphatic carbocycles. The molecule has 2 amide bonds. The van der Waals surface area contributed by atoms with Gasteiger partial charge in [-0.3, -0.25) is 23.9 Å². The minimum Gasteiger partial charge on any atom is -0.425 e. The number of anilines is 2. The van der Waals surface area contributed by atoms with E-state index in [0.717, 1.165) is 6.20 Å². The maximum Gasteiger partial charge on any atom is 0.433 e. The molecule has 220 valence electrons. The SMILES string of the molecule is C[C@H](NC(=O)c1ccc(Nc2nccn3c(-c4cn[nH]c4C(F)(F)F)cnc23)c(OC=O)c1Cl)C(=O)N1CCNCC1. The van der Waals surface area contributed by atoms with E-state index >= 15 is 0 Å². The highest BCUT2D eigenvalue weighted by molar-refractivity contribution is 6.36. The van der Waals surface area contributed by atoms with Gasteiger partial charge in [-0.1, -0.05) is 11.6 Å². The van der Waals surface area contributed by atoms with E-state index in [4.69, 9.17) is 16.3 Å². The van der Waals surface area contributed by atoms with Crippen LogP contribution in [0.15, 0.2) is 36.9 Å². The van der Waals surface area contributed by atoms with Gasteiger partial charge >= 0.3 is 6.18 Å². The lowest BCUT2D eigenvalue weighted by Crippen LogP contribution is -2.53. The standard InChI is InChI=1S/C25H23ClF3N9O4/c1-13(24(41)37-7-4-30-5-8-37)34-23(40)14-2-3-16(19(18(14)26)42-12-39)35-21-22-32-11-17(38(22)9-6-31-21)15-10-33-36-20(15)25(27,28)29/h2-3,6,9-13,30H,4-5,7-8H2,1H3,(H,31,35)(H,33,36)(H,34,40)/t13-/m0/s1. The van der Waals surface area contributed by atoms with Crippen LogP contribution in [0.3, 0.4) is 0 Å². The van der Waals surface area contributed by atoms with E-state index in [9.17, 15) is 27.6 Å². The van der Waals surface area contributed by atoms with Gasteiger partial charge in [-0.25, -0.2) is 9.97 Å². The van der Waals surface area contributed by atoms with Crippen LogP contribution in [-0.2, 0) is 15.8 Å². The van der Waals surface area contributed by atoms with Crippen molar-refractivity contribution in [3.63, 3.8) is 0 Å². The predicted molar refractivity (Wildman–Crippen MR) is 143 cm³/mol. The van der Waals surface area contributed by atoms with E-state index in [1.807, 2.05) is 5.10 Å². The molecule has 1 fully saturated rings. The van der Waals surface area contributed by atoms with Gasteiger partial charge in [0, 0.05) is 38.6 Å². The van der Waals surface area contributed by atoms with E-state index in [2.05, 4.69) is 31.0 Å². The van der Waals surface area contributed by atoms with E-state index in [1.54, 1.807) is 11.8 Å². The van der Waals surface area contributed by atoms with Crippen LogP contribution in [0, 0.1) is 0 Å². The highest BCUT2D eigenvalue weighted by Crippen LogP contribution is 2.39. The molecule has 1 aliphatic rings. The van der Waals surface area contributed by atoms with Crippen LogP contribution in [0.2, 0.25) is 5.02 Å². The van der Waals surface area contributed by atoms with Crippen LogP contribution in [0.25, 0.3) is 16.9 Å². The Kier molecular flexibility index (Phi) is 8.00. The van der Waals surface area contributed by atoms with Crippen molar-refractivity contribution in [3.05, 3.63) is 53.2 Å². The van der Waals surface area contributed by atoms with Gasteiger partial charge in [0.15, 0.2) is 17.2 Å². The molecule has 4 heterocycles. The molecule has 5 rings (SSSR count). The molecule has 0 bridgehead atoms. The Morgan fingerprint density at radius 1 is 1.19 bits per heavy atom. The zero-order valence-corrected chi connectivity index (χ0v) is 22.6. The Hall–Kier alpha value is -4.70. The number of benzene rings is 1. The topological polar surface area (TPSA) is 159 Å². The number of piperazine rings is 1. The van der Waals surface area contributed by atoms with Gasteiger partial charge < -0.3 is 25.6 Å². The largest absolute Gasteiger partial charge is 0.433 e. The van der Waals surface area contributed by atoms with Crippen molar-refractivity contribution in [2.45, 2.75) is 19.1 Å². The molecule has 0 spiro atoms. The number of alkyl halides is 3. The molecular formula is C25H23ClF3N9O4. The average Bonchev–Trinajstić information content (AvgIpc) is 3.63. The smallest absolute Gasteiger partial charge is 0.425 e. The molecule has 13 nitrogen and oxygen atoms in total. The summed E-state index contributed by atoms with van der Waals surface area (Å²) in [6.45, 7) is 4.01. The van der Waals surface area contributed by atoms with Gasteiger partial charge in [-0.2, -0.15) is 18.3 Å². The molecular weight excluding hydrogens is 583 g/mol. The summed E-state index contributed by atoms with van der Waals surface area (Å²) in [4.78, 5) is 47.1. The summed E-state index contributed by atoms with van der Waals surface area (Å²) < 4.78 is 46.8. The fourth-order valence-electron chi connectivity index (χ4n) is 4.52. The Labute approximate surface area is 240 Å². The Morgan fingerprint density at radius 3 is 2.67 bits per heavy atom. The molecule has 17 heteroatoms. The van der Waals surface area contributed by atoms with Crippen molar-refractivity contribution in [1.29, 1.82) is 0 Å². The molecule has 1 aromatic carbocycles. The fourth-order valence-corrected chi connectivity index (χ4v) is 4.81. The van der Waals surface area contributed by atoms with E-state index in [0.29, 0.717) is 26.2 Å². The van der Waals surface area contributed by atoms with Gasteiger partial charge in [0.25, 0.3) is 12.4 Å². The fraction of sp³-hybridized carbons (Fsp3) is 0.280. The number of carbonyl (C=O) groups excluding carboxylic acids is 3. The number of amides is 2. The maximum absolute atomic E-state index is 13.4. The summed E-state index contributed by atoms with van der Waals surface area (Å²) in [5.41, 5.74) is -0.986. The lowest BCUT2D eigenvalue weighted by molar-refractivity contribution is -0.140. The predicted octanol–water partition coefficient (Wildman–Crippen LogP) is 2.62. The van der Waals surface area contributed by atoms with Crippen molar-refractivity contribution in [1.82, 2.24) is 40.1 Å². The second-order valence-corrected chi connectivity index (χ2v) is 9.56. The number of hydrogen-bond acceptors (Lipinski definition) is 9. The minimum absolute atomic E-state index is 0.0621. The summed E-state index contributed by atoms with van der Waals surface area (Å²) in [5.74, 6) is -1.05. The molecule has 1 saturated heterocycles. The first kappa shape index (κ1) is 28.8. The van der Waals surface area contributed by atoms with Gasteiger partial charge in [0.2, 0.25) is 5.91 Å². The van der Waals surface area contributed by atoms with Crippen LogP contribution in [0.5, 0.6) is 5.75 Å². The summed E-state index contributed by atoms with van der Waals surface area (Å²) in [7, 11) is 0. The Bertz CT molecular complexity index is 1650. The van der Waals surface area contributed by atoms with Gasteiger partial charge in [-0.05, 0) is 19.1 Å². The summed E-state index contributed by atoms with van der Waals surface area (Å²) in [6.07, 6.45) is 0.342. The molecule has 1 aliphatic heterocycles. The van der Waals surface area contributed by atoms with Crippen LogP contribution in [0.4, 0.5) is 24.7 Å². The normalized spacial score (nSPS) is 14.5. The molecule has 42 heavy (non-hydrogen) atoms. The highest BCUT2D eigenvalue weighted by Gasteiger charge is 2.36. The van der Waals surface area contributed by atoms with Crippen LogP contribution in [-0.4, -0.2) is 80.0 Å². The molecule has 4 N–H and O–H groups in total. The van der Waals surface area contributed by atoms with Crippen molar-refractivity contribution in [2.24, 2.45) is 0 Å². The van der Waals surface area contributed by atoms with Crippen molar-refractivity contribution in [2.75, 3.05) is 31.5 Å². The lowest BCUT2D eigenvalue weighted by Gasteiger charge is -2.30. The second kappa shape index (κ2) is 11.7. The molecule has 1 atom stereocenters. The third kappa shape index (κ3) is 5.58. The highest BCUT2D eigenvalue weighted by atomic mass is 35.5.